The fourth-order valence-electron chi connectivity index (χ4n) is 1.03. The lowest BCUT2D eigenvalue weighted by Gasteiger charge is -2.24. The summed E-state index contributed by atoms with van der Waals surface area (Å²) >= 11 is 0. The summed E-state index contributed by atoms with van der Waals surface area (Å²) in [6.07, 6.45) is 1.14. The van der Waals surface area contributed by atoms with Crippen molar-refractivity contribution < 1.29 is 19.2 Å². The minimum absolute atomic E-state index is 0.668. The lowest BCUT2D eigenvalue weighted by molar-refractivity contribution is -0.618. The smallest absolute Gasteiger partial charge is 0.366 e. The Kier molecular flexibility index (Phi) is 2.44. The number of ether oxygens (including phenoxy) is 1. The molecule has 0 amide bonds. The van der Waals surface area contributed by atoms with E-state index in [1.165, 1.54) is 0 Å². The maximum absolute atomic E-state index is 12.6. The third-order valence-electron chi connectivity index (χ3n) is 1.76. The van der Waals surface area contributed by atoms with Crippen LogP contribution in [0.1, 0.15) is 0 Å². The molecule has 0 spiro atoms. The minimum Gasteiger partial charge on any atom is -0.366 e. The van der Waals surface area contributed by atoms with Gasteiger partial charge in [-0.1, -0.05) is 0 Å². The molecule has 2 atom stereocenters. The van der Waals surface area contributed by atoms with Crippen LogP contribution in [0, 0.1) is 10.1 Å². The van der Waals surface area contributed by atoms with Gasteiger partial charge < -0.3 is 9.84 Å². The zero-order valence-corrected chi connectivity index (χ0v) is 6.81. The van der Waals surface area contributed by atoms with E-state index in [4.69, 9.17) is 0 Å². The molecule has 0 aromatic rings. The molecular formula is C7H8FNO4. The molecule has 0 aromatic carbocycles. The number of methoxy groups -OCH3 is 1. The van der Waals surface area contributed by atoms with Crippen molar-refractivity contribution in [1.82, 2.24) is 0 Å². The Morgan fingerprint density at radius 2 is 2.46 bits per heavy atom. The molecule has 1 rings (SSSR count). The zero-order valence-electron chi connectivity index (χ0n) is 6.81. The number of halogens is 1. The first-order valence-electron chi connectivity index (χ1n) is 3.47. The van der Waals surface area contributed by atoms with Crippen molar-refractivity contribution >= 4 is 0 Å². The molecule has 1 N–H and O–H groups in total. The number of aliphatic hydroxyl groups is 1. The van der Waals surface area contributed by atoms with E-state index < -0.39 is 22.6 Å². The van der Waals surface area contributed by atoms with E-state index in [2.05, 4.69) is 4.74 Å². The second-order valence-corrected chi connectivity index (χ2v) is 2.58. The van der Waals surface area contributed by atoms with Crippen LogP contribution in [0.25, 0.3) is 0 Å². The Balaban J connectivity index is 3.01. The van der Waals surface area contributed by atoms with E-state index in [1.807, 2.05) is 0 Å². The lowest BCUT2D eigenvalue weighted by atomic mass is 10.0. The summed E-state index contributed by atoms with van der Waals surface area (Å²) in [6.45, 7) is 0. The summed E-state index contributed by atoms with van der Waals surface area (Å²) in [7, 11) is 1.15. The monoisotopic (exact) mass is 189 g/mol. The van der Waals surface area contributed by atoms with Gasteiger partial charge in [-0.05, 0) is 12.2 Å². The van der Waals surface area contributed by atoms with Crippen LogP contribution < -0.4 is 0 Å². The summed E-state index contributed by atoms with van der Waals surface area (Å²) < 4.78 is 17.2. The Labute approximate surface area is 73.3 Å². The predicted molar refractivity (Wildman–Crippen MR) is 41.1 cm³/mol. The number of rotatable bonds is 2. The van der Waals surface area contributed by atoms with Gasteiger partial charge in [-0.25, -0.2) is 4.39 Å². The lowest BCUT2D eigenvalue weighted by Crippen LogP contribution is -2.48. The maximum Gasteiger partial charge on any atom is 0.372 e. The van der Waals surface area contributed by atoms with Crippen LogP contribution in [0.5, 0.6) is 0 Å². The Hall–Kier alpha value is -1.27. The molecule has 0 fully saturated rings. The van der Waals surface area contributed by atoms with Gasteiger partial charge in [0, 0.05) is 13.2 Å². The van der Waals surface area contributed by atoms with Crippen molar-refractivity contribution in [2.45, 2.75) is 11.8 Å². The Bertz CT molecular complexity index is 288. The number of nitro groups is 1. The molecule has 5 nitrogen and oxygen atoms in total. The summed E-state index contributed by atoms with van der Waals surface area (Å²) in [5, 5.41) is 19.8. The van der Waals surface area contributed by atoms with Crippen LogP contribution in [0.4, 0.5) is 4.39 Å². The van der Waals surface area contributed by atoms with Crippen LogP contribution in [0.3, 0.4) is 0 Å². The zero-order chi connectivity index (χ0) is 10.1. The second kappa shape index (κ2) is 3.23. The SMILES string of the molecule is COC1C=C(F)C=CC1(O)[N+](=O)[O-]. The summed E-state index contributed by atoms with van der Waals surface area (Å²) in [5.41, 5.74) is -2.37. The number of hydrogen-bond donors (Lipinski definition) is 1. The summed E-state index contributed by atoms with van der Waals surface area (Å²) in [6, 6.07) is 0. The average molecular weight is 189 g/mol. The first kappa shape index (κ1) is 9.82. The topological polar surface area (TPSA) is 72.6 Å². The number of allylic oxidation sites excluding steroid dienone is 2. The molecule has 72 valence electrons. The molecule has 6 heteroatoms. The van der Waals surface area contributed by atoms with E-state index in [0.29, 0.717) is 0 Å². The first-order valence-corrected chi connectivity index (χ1v) is 3.47. The summed E-state index contributed by atoms with van der Waals surface area (Å²) in [4.78, 5) is 9.49. The second-order valence-electron chi connectivity index (χ2n) is 2.58. The van der Waals surface area contributed by atoms with Crippen LogP contribution in [0.2, 0.25) is 0 Å². The molecule has 13 heavy (non-hydrogen) atoms. The molecule has 1 aliphatic carbocycles. The molecule has 2 unspecified atom stereocenters. The standard InChI is InChI=1S/C7H8FNO4/c1-13-6-4-5(8)2-3-7(6,10)9(11)12/h2-4,6,10H,1H3. The van der Waals surface area contributed by atoms with E-state index in [9.17, 15) is 19.6 Å². The molecule has 0 bridgehead atoms. The van der Waals surface area contributed by atoms with Crippen LogP contribution in [-0.2, 0) is 4.74 Å². The minimum atomic E-state index is -2.37. The van der Waals surface area contributed by atoms with E-state index in [-0.39, 0.29) is 0 Å². The van der Waals surface area contributed by atoms with Crippen LogP contribution in [0.15, 0.2) is 24.1 Å². The number of hydrogen-bond acceptors (Lipinski definition) is 4. The largest absolute Gasteiger partial charge is 0.372 e. The maximum atomic E-state index is 12.6. The van der Waals surface area contributed by atoms with Gasteiger partial charge in [0.2, 0.25) is 0 Å². The van der Waals surface area contributed by atoms with Gasteiger partial charge in [-0.3, -0.25) is 10.1 Å². The molecule has 0 saturated carbocycles. The van der Waals surface area contributed by atoms with Crippen molar-refractivity contribution in [1.29, 1.82) is 0 Å². The number of nitrogens with zero attached hydrogens (tertiary/aromatic N) is 1. The van der Waals surface area contributed by atoms with Crippen molar-refractivity contribution in [2.75, 3.05) is 7.11 Å². The van der Waals surface area contributed by atoms with Crippen molar-refractivity contribution in [3.8, 4) is 0 Å². The summed E-state index contributed by atoms with van der Waals surface area (Å²) in [5.74, 6) is -0.668. The predicted octanol–water partition coefficient (Wildman–Crippen LogP) is 0.390. The normalized spacial score (nSPS) is 32.8. The molecular weight excluding hydrogens is 181 g/mol. The fraction of sp³-hybridized carbons (Fsp3) is 0.429. The average Bonchev–Trinajstić information content (AvgIpc) is 2.09. The quantitative estimate of drug-likeness (QED) is 0.387. The molecule has 0 aromatic heterocycles. The van der Waals surface area contributed by atoms with Gasteiger partial charge in [0.25, 0.3) is 0 Å². The molecule has 0 aliphatic heterocycles. The Morgan fingerprint density at radius 1 is 1.85 bits per heavy atom. The molecule has 0 radical (unpaired) electrons. The van der Waals surface area contributed by atoms with Gasteiger partial charge in [-0.2, -0.15) is 0 Å². The van der Waals surface area contributed by atoms with Gasteiger partial charge in [-0.15, -0.1) is 0 Å². The van der Waals surface area contributed by atoms with E-state index >= 15 is 0 Å². The van der Waals surface area contributed by atoms with Crippen molar-refractivity contribution in [3.63, 3.8) is 0 Å². The van der Waals surface area contributed by atoms with Gasteiger partial charge >= 0.3 is 5.72 Å². The highest BCUT2D eigenvalue weighted by atomic mass is 19.1. The third-order valence-corrected chi connectivity index (χ3v) is 1.76. The van der Waals surface area contributed by atoms with Crippen LogP contribution in [-0.4, -0.2) is 29.0 Å². The fourth-order valence-corrected chi connectivity index (χ4v) is 1.03. The van der Waals surface area contributed by atoms with Gasteiger partial charge in [0.15, 0.2) is 6.10 Å². The van der Waals surface area contributed by atoms with E-state index in [0.717, 1.165) is 25.3 Å². The highest BCUT2D eigenvalue weighted by Crippen LogP contribution is 2.24. The van der Waals surface area contributed by atoms with E-state index in [1.54, 1.807) is 0 Å². The Morgan fingerprint density at radius 3 is 2.92 bits per heavy atom. The third kappa shape index (κ3) is 1.58. The van der Waals surface area contributed by atoms with Gasteiger partial charge in [0.1, 0.15) is 5.83 Å². The van der Waals surface area contributed by atoms with Crippen molar-refractivity contribution in [3.05, 3.63) is 34.2 Å². The molecule has 0 heterocycles. The van der Waals surface area contributed by atoms with Crippen molar-refractivity contribution in [2.24, 2.45) is 0 Å². The molecule has 1 aliphatic rings. The first-order chi connectivity index (χ1) is 6.00. The highest BCUT2D eigenvalue weighted by molar-refractivity contribution is 5.24. The highest BCUT2D eigenvalue weighted by Gasteiger charge is 2.48. The van der Waals surface area contributed by atoms with Crippen LogP contribution >= 0.6 is 0 Å². The van der Waals surface area contributed by atoms with Gasteiger partial charge in [0.05, 0.1) is 4.92 Å². The molecule has 0 saturated heterocycles.